The highest BCUT2D eigenvalue weighted by Gasteiger charge is 2.20. The number of rotatable bonds is 4. The van der Waals surface area contributed by atoms with Crippen molar-refractivity contribution < 1.29 is 0 Å². The standard InChI is InChI=1S/C14H24N4/c1-2-6-17(7-3-1)8-9-18-12-16-11-14(18)13-4-5-15-10-13/h11-13,15H,1-10H2. The molecule has 0 aromatic carbocycles. The average molecular weight is 248 g/mol. The van der Waals surface area contributed by atoms with Gasteiger partial charge >= 0.3 is 0 Å². The van der Waals surface area contributed by atoms with E-state index in [1.807, 2.05) is 6.33 Å². The minimum atomic E-state index is 0.675. The van der Waals surface area contributed by atoms with Gasteiger partial charge in [-0.25, -0.2) is 4.98 Å². The largest absolute Gasteiger partial charge is 0.333 e. The lowest BCUT2D eigenvalue weighted by Gasteiger charge is -2.27. The van der Waals surface area contributed by atoms with E-state index in [4.69, 9.17) is 0 Å². The Balaban J connectivity index is 1.56. The first-order valence-corrected chi connectivity index (χ1v) is 7.36. The third-order valence-corrected chi connectivity index (χ3v) is 4.33. The van der Waals surface area contributed by atoms with Crippen LogP contribution in [0.4, 0.5) is 0 Å². The van der Waals surface area contributed by atoms with Gasteiger partial charge in [0, 0.05) is 37.4 Å². The molecule has 18 heavy (non-hydrogen) atoms. The summed E-state index contributed by atoms with van der Waals surface area (Å²) in [5.74, 6) is 0.675. The molecule has 2 aliphatic heterocycles. The molecular weight excluding hydrogens is 224 g/mol. The molecule has 0 amide bonds. The van der Waals surface area contributed by atoms with Gasteiger partial charge in [-0.15, -0.1) is 0 Å². The molecule has 0 radical (unpaired) electrons. The van der Waals surface area contributed by atoms with Crippen molar-refractivity contribution in [2.75, 3.05) is 32.7 Å². The Morgan fingerprint density at radius 1 is 1.22 bits per heavy atom. The first-order chi connectivity index (χ1) is 8.93. The Morgan fingerprint density at radius 2 is 2.11 bits per heavy atom. The maximum atomic E-state index is 4.35. The van der Waals surface area contributed by atoms with Crippen molar-refractivity contribution in [3.63, 3.8) is 0 Å². The van der Waals surface area contributed by atoms with Crippen LogP contribution in [0.2, 0.25) is 0 Å². The molecule has 1 aromatic rings. The fourth-order valence-electron chi connectivity index (χ4n) is 3.20. The number of likely N-dealkylation sites (tertiary alicyclic amines) is 1. The van der Waals surface area contributed by atoms with E-state index in [0.717, 1.165) is 19.6 Å². The van der Waals surface area contributed by atoms with Crippen LogP contribution in [0.25, 0.3) is 0 Å². The first kappa shape index (κ1) is 12.2. The maximum absolute atomic E-state index is 4.35. The molecule has 100 valence electrons. The molecule has 1 atom stereocenters. The Hall–Kier alpha value is -0.870. The number of piperidine rings is 1. The van der Waals surface area contributed by atoms with E-state index in [2.05, 4.69) is 26.0 Å². The van der Waals surface area contributed by atoms with Crippen molar-refractivity contribution in [2.24, 2.45) is 0 Å². The molecule has 4 heteroatoms. The Bertz CT molecular complexity index is 362. The van der Waals surface area contributed by atoms with Crippen LogP contribution in [0.5, 0.6) is 0 Å². The summed E-state index contributed by atoms with van der Waals surface area (Å²) < 4.78 is 2.37. The molecule has 0 bridgehead atoms. The van der Waals surface area contributed by atoms with Crippen molar-refractivity contribution in [3.8, 4) is 0 Å². The molecule has 1 aromatic heterocycles. The normalized spacial score (nSPS) is 25.7. The van der Waals surface area contributed by atoms with Gasteiger partial charge in [0.15, 0.2) is 0 Å². The Kier molecular flexibility index (Phi) is 3.96. The molecule has 0 aliphatic carbocycles. The summed E-state index contributed by atoms with van der Waals surface area (Å²) in [5.41, 5.74) is 1.43. The number of hydrogen-bond acceptors (Lipinski definition) is 3. The van der Waals surface area contributed by atoms with Crippen LogP contribution >= 0.6 is 0 Å². The average Bonchev–Trinajstić information content (AvgIpc) is 3.08. The van der Waals surface area contributed by atoms with Crippen LogP contribution in [0, 0.1) is 0 Å². The van der Waals surface area contributed by atoms with E-state index in [9.17, 15) is 0 Å². The van der Waals surface area contributed by atoms with Crippen LogP contribution in [0.1, 0.15) is 37.3 Å². The van der Waals surface area contributed by atoms with Gasteiger partial charge in [-0.3, -0.25) is 0 Å². The van der Waals surface area contributed by atoms with Crippen LogP contribution in [-0.4, -0.2) is 47.2 Å². The fraction of sp³-hybridized carbons (Fsp3) is 0.786. The molecule has 3 heterocycles. The molecular formula is C14H24N4. The van der Waals surface area contributed by atoms with Gasteiger partial charge < -0.3 is 14.8 Å². The molecule has 2 aliphatic rings. The summed E-state index contributed by atoms with van der Waals surface area (Å²) in [6.07, 6.45) is 9.51. The molecule has 0 saturated carbocycles. The third-order valence-electron chi connectivity index (χ3n) is 4.33. The van der Waals surface area contributed by atoms with E-state index in [1.165, 1.54) is 51.0 Å². The minimum absolute atomic E-state index is 0.675. The molecule has 3 rings (SSSR count). The summed E-state index contributed by atoms with van der Waals surface area (Å²) in [6, 6.07) is 0. The zero-order valence-corrected chi connectivity index (χ0v) is 11.1. The third kappa shape index (κ3) is 2.75. The van der Waals surface area contributed by atoms with Crippen LogP contribution < -0.4 is 5.32 Å². The summed E-state index contributed by atoms with van der Waals surface area (Å²) in [4.78, 5) is 6.94. The van der Waals surface area contributed by atoms with Crippen molar-refractivity contribution >= 4 is 0 Å². The maximum Gasteiger partial charge on any atom is 0.0948 e. The molecule has 4 nitrogen and oxygen atoms in total. The smallest absolute Gasteiger partial charge is 0.0948 e. The van der Waals surface area contributed by atoms with Gasteiger partial charge in [0.2, 0.25) is 0 Å². The van der Waals surface area contributed by atoms with Gasteiger partial charge in [0.1, 0.15) is 0 Å². The van der Waals surface area contributed by atoms with E-state index < -0.39 is 0 Å². The summed E-state index contributed by atoms with van der Waals surface area (Å²) >= 11 is 0. The minimum Gasteiger partial charge on any atom is -0.333 e. The van der Waals surface area contributed by atoms with E-state index in [-0.39, 0.29) is 0 Å². The van der Waals surface area contributed by atoms with Crippen molar-refractivity contribution in [1.29, 1.82) is 0 Å². The molecule has 2 saturated heterocycles. The van der Waals surface area contributed by atoms with Crippen molar-refractivity contribution in [2.45, 2.75) is 38.1 Å². The van der Waals surface area contributed by atoms with E-state index >= 15 is 0 Å². The van der Waals surface area contributed by atoms with Gasteiger partial charge in [0.05, 0.1) is 6.33 Å². The number of aromatic nitrogens is 2. The highest BCUT2D eigenvalue weighted by Crippen LogP contribution is 2.21. The Morgan fingerprint density at radius 3 is 2.89 bits per heavy atom. The van der Waals surface area contributed by atoms with Gasteiger partial charge in [-0.2, -0.15) is 0 Å². The highest BCUT2D eigenvalue weighted by atomic mass is 15.2. The van der Waals surface area contributed by atoms with Crippen LogP contribution in [0.3, 0.4) is 0 Å². The predicted octanol–water partition coefficient (Wildman–Crippen LogP) is 1.45. The Labute approximate surface area is 109 Å². The zero-order chi connectivity index (χ0) is 12.2. The number of nitrogens with one attached hydrogen (secondary N) is 1. The van der Waals surface area contributed by atoms with E-state index in [0.29, 0.717) is 5.92 Å². The molecule has 0 spiro atoms. The van der Waals surface area contributed by atoms with Gasteiger partial charge in [-0.05, 0) is 38.9 Å². The van der Waals surface area contributed by atoms with Crippen LogP contribution in [0.15, 0.2) is 12.5 Å². The van der Waals surface area contributed by atoms with Crippen LogP contribution in [-0.2, 0) is 6.54 Å². The molecule has 2 fully saturated rings. The summed E-state index contributed by atoms with van der Waals surface area (Å²) in [7, 11) is 0. The number of imidazole rings is 1. The number of nitrogens with zero attached hydrogens (tertiary/aromatic N) is 3. The lowest BCUT2D eigenvalue weighted by molar-refractivity contribution is 0.220. The predicted molar refractivity (Wildman–Crippen MR) is 72.7 cm³/mol. The summed E-state index contributed by atoms with van der Waals surface area (Å²) in [6.45, 7) is 7.14. The second-order valence-corrected chi connectivity index (χ2v) is 5.60. The second kappa shape index (κ2) is 5.85. The fourth-order valence-corrected chi connectivity index (χ4v) is 3.20. The SMILES string of the molecule is c1ncn(CCN2CCCCC2)c1C1CCNC1. The van der Waals surface area contributed by atoms with Gasteiger partial charge in [-0.1, -0.05) is 6.42 Å². The zero-order valence-electron chi connectivity index (χ0n) is 11.1. The second-order valence-electron chi connectivity index (χ2n) is 5.60. The highest BCUT2D eigenvalue weighted by molar-refractivity contribution is 5.09. The monoisotopic (exact) mass is 248 g/mol. The molecule has 1 unspecified atom stereocenters. The van der Waals surface area contributed by atoms with Gasteiger partial charge in [0.25, 0.3) is 0 Å². The van der Waals surface area contributed by atoms with E-state index in [1.54, 1.807) is 0 Å². The first-order valence-electron chi connectivity index (χ1n) is 7.36. The van der Waals surface area contributed by atoms with Crippen molar-refractivity contribution in [1.82, 2.24) is 19.8 Å². The lowest BCUT2D eigenvalue weighted by Crippen LogP contribution is -2.32. The quantitative estimate of drug-likeness (QED) is 0.875. The van der Waals surface area contributed by atoms with Crippen molar-refractivity contribution in [3.05, 3.63) is 18.2 Å². The molecule has 1 N–H and O–H groups in total. The topological polar surface area (TPSA) is 33.1 Å². The number of hydrogen-bond donors (Lipinski definition) is 1. The lowest BCUT2D eigenvalue weighted by atomic mass is 10.1. The summed E-state index contributed by atoms with van der Waals surface area (Å²) in [5, 5.41) is 3.44.